The molecule has 0 aromatic heterocycles. The number of carbonyl (C=O) groups is 1. The topological polar surface area (TPSA) is 17.1 Å². The maximum absolute atomic E-state index is 12.1. The Labute approximate surface area is 131 Å². The van der Waals surface area contributed by atoms with Gasteiger partial charge in [0.05, 0.1) is 0 Å². The maximum Gasteiger partial charge on any atom is 0.133 e. The van der Waals surface area contributed by atoms with E-state index in [0.29, 0.717) is 18.6 Å². The molecule has 1 fully saturated rings. The zero-order chi connectivity index (χ0) is 16.3. The summed E-state index contributed by atoms with van der Waals surface area (Å²) in [6.07, 6.45) is 7.22. The second-order valence-electron chi connectivity index (χ2n) is 7.93. The number of Topliss-reactive ketones (excluding diaryl/α,β-unsaturated/α-hetero) is 1. The average Bonchev–Trinajstić information content (AvgIpc) is 2.29. The molecule has 0 N–H and O–H groups in total. The van der Waals surface area contributed by atoms with Gasteiger partial charge in [0.1, 0.15) is 13.9 Å². The minimum Gasteiger partial charge on any atom is -0.300 e. The fourth-order valence-electron chi connectivity index (χ4n) is 3.28. The predicted molar refractivity (Wildman–Crippen MR) is 94.8 cm³/mol. The third-order valence-corrected chi connectivity index (χ3v) is 5.14. The highest BCUT2D eigenvalue weighted by atomic mass is 28.3. The predicted octanol–water partition coefficient (Wildman–Crippen LogP) is 5.16. The van der Waals surface area contributed by atoms with Crippen molar-refractivity contribution in [3.05, 3.63) is 24.3 Å². The van der Waals surface area contributed by atoms with Gasteiger partial charge in [0.2, 0.25) is 0 Å². The number of carbonyl (C=O) groups excluding carboxylic acids is 1. The number of hydrogen-bond donors (Lipinski definition) is 0. The molecule has 1 aliphatic carbocycles. The van der Waals surface area contributed by atoms with Crippen molar-refractivity contribution in [1.29, 1.82) is 0 Å². The Morgan fingerprint density at radius 2 is 2.00 bits per heavy atom. The van der Waals surface area contributed by atoms with Gasteiger partial charge < -0.3 is 0 Å². The van der Waals surface area contributed by atoms with Gasteiger partial charge >= 0.3 is 0 Å². The average molecular weight is 303 g/mol. The van der Waals surface area contributed by atoms with Gasteiger partial charge in [0, 0.05) is 23.7 Å². The molecule has 21 heavy (non-hydrogen) atoms. The minimum absolute atomic E-state index is 0.139. The highest BCUT2D eigenvalue weighted by Gasteiger charge is 2.49. The lowest BCUT2D eigenvalue weighted by Crippen LogP contribution is -2.43. The first-order valence-electron chi connectivity index (χ1n) is 7.87. The largest absolute Gasteiger partial charge is 0.300 e. The van der Waals surface area contributed by atoms with Gasteiger partial charge in [0.25, 0.3) is 0 Å². The summed E-state index contributed by atoms with van der Waals surface area (Å²) in [4.78, 5) is 12.1. The molecule has 0 radical (unpaired) electrons. The molecule has 1 saturated carbocycles. The van der Waals surface area contributed by atoms with Crippen LogP contribution in [0.5, 0.6) is 0 Å². The van der Waals surface area contributed by atoms with Crippen LogP contribution in [-0.4, -0.2) is 13.9 Å². The Balaban J connectivity index is 3.42. The van der Waals surface area contributed by atoms with Gasteiger partial charge in [-0.1, -0.05) is 44.3 Å². The first-order chi connectivity index (χ1) is 9.54. The SMILES string of the molecule is C=CC[C@@]1(C#C[Si](C)(C)C)CCC(=O)C[C@]1(C)C=C(C)C. The summed E-state index contributed by atoms with van der Waals surface area (Å²) in [5.74, 6) is 4.00. The van der Waals surface area contributed by atoms with Crippen LogP contribution in [0.3, 0.4) is 0 Å². The zero-order valence-electron chi connectivity index (χ0n) is 14.6. The molecule has 0 amide bonds. The fourth-order valence-corrected chi connectivity index (χ4v) is 3.89. The molecule has 0 saturated heterocycles. The summed E-state index contributed by atoms with van der Waals surface area (Å²) in [6.45, 7) is 17.2. The molecule has 1 rings (SSSR count). The molecule has 2 heteroatoms. The second kappa shape index (κ2) is 6.36. The van der Waals surface area contributed by atoms with Crippen LogP contribution in [0.1, 0.15) is 46.5 Å². The second-order valence-corrected chi connectivity index (χ2v) is 12.7. The molecular formula is C19H30OSi. The van der Waals surface area contributed by atoms with Gasteiger partial charge in [0.15, 0.2) is 0 Å². The van der Waals surface area contributed by atoms with Crippen molar-refractivity contribution in [2.45, 2.75) is 66.1 Å². The van der Waals surface area contributed by atoms with E-state index in [0.717, 1.165) is 12.8 Å². The quantitative estimate of drug-likeness (QED) is 0.400. The Bertz CT molecular complexity index is 508. The van der Waals surface area contributed by atoms with E-state index in [4.69, 9.17) is 0 Å². The van der Waals surface area contributed by atoms with Crippen LogP contribution in [-0.2, 0) is 4.79 Å². The molecule has 0 bridgehead atoms. The smallest absolute Gasteiger partial charge is 0.133 e. The normalized spacial score (nSPS) is 29.3. The van der Waals surface area contributed by atoms with Crippen molar-refractivity contribution in [1.82, 2.24) is 0 Å². The van der Waals surface area contributed by atoms with Crippen molar-refractivity contribution in [2.75, 3.05) is 0 Å². The van der Waals surface area contributed by atoms with E-state index in [-0.39, 0.29) is 10.8 Å². The van der Waals surface area contributed by atoms with Gasteiger partial charge in [-0.2, -0.15) is 0 Å². The summed E-state index contributed by atoms with van der Waals surface area (Å²) >= 11 is 0. The molecule has 0 heterocycles. The van der Waals surface area contributed by atoms with Crippen LogP contribution in [0.25, 0.3) is 0 Å². The number of hydrogen-bond acceptors (Lipinski definition) is 1. The zero-order valence-corrected chi connectivity index (χ0v) is 15.6. The van der Waals surface area contributed by atoms with Gasteiger partial charge in [-0.25, -0.2) is 0 Å². The van der Waals surface area contributed by atoms with Gasteiger partial charge in [-0.15, -0.1) is 18.0 Å². The van der Waals surface area contributed by atoms with E-state index in [1.165, 1.54) is 5.57 Å². The first-order valence-corrected chi connectivity index (χ1v) is 11.4. The van der Waals surface area contributed by atoms with E-state index in [1.807, 2.05) is 6.08 Å². The number of allylic oxidation sites excluding steroid dienone is 3. The lowest BCUT2D eigenvalue weighted by atomic mass is 9.55. The summed E-state index contributed by atoms with van der Waals surface area (Å²) in [5.41, 5.74) is 4.50. The molecule has 0 aromatic carbocycles. The molecule has 1 aliphatic rings. The molecular weight excluding hydrogens is 272 g/mol. The maximum atomic E-state index is 12.1. The molecule has 2 atom stereocenters. The first kappa shape index (κ1) is 18.0. The van der Waals surface area contributed by atoms with E-state index >= 15 is 0 Å². The Hall–Kier alpha value is -1.07. The monoisotopic (exact) mass is 302 g/mol. The molecule has 0 aromatic rings. The van der Waals surface area contributed by atoms with Crippen LogP contribution in [0, 0.1) is 22.3 Å². The standard InChI is InChI=1S/C19H30OSi/c1-8-10-19(12-13-21(5,6)7)11-9-17(20)15-18(19,4)14-16(2)3/h8,14H,1,9-11,15H2,2-7H3/t18-,19-/m0/s1. The highest BCUT2D eigenvalue weighted by Crippen LogP contribution is 2.53. The summed E-state index contributed by atoms with van der Waals surface area (Å²) in [5, 5.41) is 0. The third kappa shape index (κ3) is 4.45. The van der Waals surface area contributed by atoms with Crippen molar-refractivity contribution in [3.63, 3.8) is 0 Å². The molecule has 0 unspecified atom stereocenters. The van der Waals surface area contributed by atoms with Crippen LogP contribution in [0.15, 0.2) is 24.3 Å². The molecule has 0 spiro atoms. The van der Waals surface area contributed by atoms with E-state index in [2.05, 4.69) is 64.5 Å². The van der Waals surface area contributed by atoms with E-state index < -0.39 is 8.07 Å². The van der Waals surface area contributed by atoms with Crippen molar-refractivity contribution >= 4 is 13.9 Å². The highest BCUT2D eigenvalue weighted by molar-refractivity contribution is 6.83. The molecule has 1 nitrogen and oxygen atoms in total. The van der Waals surface area contributed by atoms with Crippen molar-refractivity contribution in [3.8, 4) is 11.5 Å². The Kier molecular flexibility index (Phi) is 5.44. The van der Waals surface area contributed by atoms with Crippen LogP contribution in [0.4, 0.5) is 0 Å². The molecule has 116 valence electrons. The third-order valence-electron chi connectivity index (χ3n) is 4.27. The fraction of sp³-hybridized carbons (Fsp3) is 0.632. The Morgan fingerprint density at radius 3 is 2.48 bits per heavy atom. The number of ketones is 1. The lowest BCUT2D eigenvalue weighted by Gasteiger charge is -2.47. The van der Waals surface area contributed by atoms with E-state index in [9.17, 15) is 4.79 Å². The Morgan fingerprint density at radius 1 is 1.38 bits per heavy atom. The van der Waals surface area contributed by atoms with Crippen molar-refractivity contribution in [2.24, 2.45) is 10.8 Å². The van der Waals surface area contributed by atoms with Crippen LogP contribution < -0.4 is 0 Å². The summed E-state index contributed by atoms with van der Waals surface area (Å²) in [6, 6.07) is 0. The van der Waals surface area contributed by atoms with Crippen molar-refractivity contribution < 1.29 is 4.79 Å². The van der Waals surface area contributed by atoms with Gasteiger partial charge in [-0.05, 0) is 26.7 Å². The van der Waals surface area contributed by atoms with Crippen LogP contribution >= 0.6 is 0 Å². The summed E-state index contributed by atoms with van der Waals surface area (Å²) in [7, 11) is -1.44. The number of rotatable bonds is 3. The lowest BCUT2D eigenvalue weighted by molar-refractivity contribution is -0.125. The summed E-state index contributed by atoms with van der Waals surface area (Å²) < 4.78 is 0. The van der Waals surface area contributed by atoms with E-state index in [1.54, 1.807) is 0 Å². The van der Waals surface area contributed by atoms with Crippen LogP contribution in [0.2, 0.25) is 19.6 Å². The minimum atomic E-state index is -1.44. The molecule has 0 aliphatic heterocycles. The van der Waals surface area contributed by atoms with Gasteiger partial charge in [-0.3, -0.25) is 4.79 Å².